The zero-order valence-electron chi connectivity index (χ0n) is 13.4. The van der Waals surface area contributed by atoms with Gasteiger partial charge in [-0.15, -0.1) is 0 Å². The van der Waals surface area contributed by atoms with Gasteiger partial charge in [-0.05, 0) is 48.7 Å². The maximum atomic E-state index is 5.55. The number of thiocarbonyl (C=S) groups is 1. The number of para-hydroxylation sites is 2. The SMILES string of the molecule is S=C(Nc1ccccc1)Nc1ncnc2c1sc(=S)n2-c1ccccc1. The normalized spacial score (nSPS) is 10.6. The first kappa shape index (κ1) is 16.8. The molecule has 0 spiro atoms. The molecule has 0 fully saturated rings. The molecule has 4 rings (SSSR count). The first-order chi connectivity index (χ1) is 12.7. The number of benzene rings is 2. The van der Waals surface area contributed by atoms with Crippen molar-refractivity contribution in [1.29, 1.82) is 0 Å². The summed E-state index contributed by atoms with van der Waals surface area (Å²) >= 11 is 12.4. The van der Waals surface area contributed by atoms with E-state index >= 15 is 0 Å². The Morgan fingerprint density at radius 1 is 0.923 bits per heavy atom. The molecule has 0 radical (unpaired) electrons. The van der Waals surface area contributed by atoms with Gasteiger partial charge in [0.15, 0.2) is 20.5 Å². The Morgan fingerprint density at radius 3 is 2.35 bits per heavy atom. The van der Waals surface area contributed by atoms with E-state index in [1.807, 2.05) is 65.2 Å². The number of rotatable bonds is 3. The number of nitrogens with zero attached hydrogens (tertiary/aromatic N) is 3. The van der Waals surface area contributed by atoms with Crippen molar-refractivity contribution in [2.24, 2.45) is 0 Å². The molecule has 5 nitrogen and oxygen atoms in total. The highest BCUT2D eigenvalue weighted by Gasteiger charge is 2.13. The minimum Gasteiger partial charge on any atom is -0.332 e. The number of fused-ring (bicyclic) bond motifs is 1. The number of aromatic nitrogens is 3. The molecule has 0 unspecified atom stereocenters. The fourth-order valence-corrected chi connectivity index (χ4v) is 4.07. The number of thiazole rings is 1. The quantitative estimate of drug-likeness (QED) is 0.475. The van der Waals surface area contributed by atoms with Gasteiger partial charge in [0.05, 0.1) is 0 Å². The molecule has 4 aromatic rings. The van der Waals surface area contributed by atoms with Crippen molar-refractivity contribution < 1.29 is 0 Å². The summed E-state index contributed by atoms with van der Waals surface area (Å²) in [6, 6.07) is 19.6. The summed E-state index contributed by atoms with van der Waals surface area (Å²) in [7, 11) is 0. The summed E-state index contributed by atoms with van der Waals surface area (Å²) in [5.74, 6) is 0.634. The van der Waals surface area contributed by atoms with E-state index in [-0.39, 0.29) is 0 Å². The van der Waals surface area contributed by atoms with Gasteiger partial charge < -0.3 is 10.6 Å². The first-order valence-corrected chi connectivity index (χ1v) is 9.41. The van der Waals surface area contributed by atoms with Crippen LogP contribution in [0.5, 0.6) is 0 Å². The van der Waals surface area contributed by atoms with E-state index in [4.69, 9.17) is 24.4 Å². The molecule has 0 saturated carbocycles. The van der Waals surface area contributed by atoms with Crippen LogP contribution >= 0.6 is 35.8 Å². The molecule has 2 aromatic heterocycles. The van der Waals surface area contributed by atoms with E-state index < -0.39 is 0 Å². The molecule has 2 heterocycles. The summed E-state index contributed by atoms with van der Waals surface area (Å²) in [5.41, 5.74) is 2.63. The molecular formula is C18H13N5S3. The van der Waals surface area contributed by atoms with Gasteiger partial charge >= 0.3 is 0 Å². The van der Waals surface area contributed by atoms with Crippen LogP contribution < -0.4 is 10.6 Å². The van der Waals surface area contributed by atoms with E-state index in [1.54, 1.807) is 0 Å². The molecule has 0 aliphatic heterocycles. The highest BCUT2D eigenvalue weighted by Crippen LogP contribution is 2.29. The molecule has 2 N–H and O–H groups in total. The van der Waals surface area contributed by atoms with Crippen molar-refractivity contribution >= 4 is 62.7 Å². The molecule has 0 saturated heterocycles. The van der Waals surface area contributed by atoms with E-state index in [9.17, 15) is 0 Å². The predicted molar refractivity (Wildman–Crippen MR) is 114 cm³/mol. The van der Waals surface area contributed by atoms with Crippen molar-refractivity contribution in [3.8, 4) is 5.69 Å². The third-order valence-electron chi connectivity index (χ3n) is 3.65. The maximum Gasteiger partial charge on any atom is 0.176 e. The molecule has 128 valence electrons. The van der Waals surface area contributed by atoms with Crippen molar-refractivity contribution in [3.63, 3.8) is 0 Å². The lowest BCUT2D eigenvalue weighted by Crippen LogP contribution is -2.19. The van der Waals surface area contributed by atoms with Crippen LogP contribution in [0.1, 0.15) is 0 Å². The molecule has 0 amide bonds. The monoisotopic (exact) mass is 395 g/mol. The van der Waals surface area contributed by atoms with Crippen molar-refractivity contribution in [3.05, 3.63) is 70.9 Å². The van der Waals surface area contributed by atoms with E-state index in [2.05, 4.69) is 20.6 Å². The third kappa shape index (κ3) is 3.34. The summed E-state index contributed by atoms with van der Waals surface area (Å²) < 4.78 is 3.51. The van der Waals surface area contributed by atoms with Gasteiger partial charge in [-0.1, -0.05) is 47.7 Å². The van der Waals surface area contributed by atoms with Gasteiger partial charge in [-0.25, -0.2) is 9.97 Å². The lowest BCUT2D eigenvalue weighted by molar-refractivity contribution is 1.07. The molecular weight excluding hydrogens is 382 g/mol. The number of anilines is 2. The zero-order chi connectivity index (χ0) is 17.9. The van der Waals surface area contributed by atoms with Crippen LogP contribution in [0.15, 0.2) is 67.0 Å². The summed E-state index contributed by atoms with van der Waals surface area (Å²) in [4.78, 5) is 8.76. The average Bonchev–Trinajstić information content (AvgIpc) is 3.00. The highest BCUT2D eigenvalue weighted by molar-refractivity contribution is 7.80. The molecule has 0 aliphatic rings. The smallest absolute Gasteiger partial charge is 0.176 e. The van der Waals surface area contributed by atoms with Crippen LogP contribution in [-0.4, -0.2) is 19.6 Å². The first-order valence-electron chi connectivity index (χ1n) is 7.77. The fraction of sp³-hybridized carbons (Fsp3) is 0. The van der Waals surface area contributed by atoms with Gasteiger partial charge in [-0.2, -0.15) is 0 Å². The van der Waals surface area contributed by atoms with E-state index in [0.717, 1.165) is 21.7 Å². The second-order valence-electron chi connectivity index (χ2n) is 5.36. The van der Waals surface area contributed by atoms with E-state index in [0.29, 0.717) is 14.9 Å². The van der Waals surface area contributed by atoms with Crippen LogP contribution in [0.4, 0.5) is 11.5 Å². The Morgan fingerprint density at radius 2 is 1.62 bits per heavy atom. The molecule has 0 aliphatic carbocycles. The standard InChI is InChI=1S/C18H13N5S3/c24-17(21-12-7-3-1-4-8-12)22-15-14-16(20-11-19-15)23(18(25)26-14)13-9-5-2-6-10-13/h1-11H,(H2,19,20,21,22,24). The van der Waals surface area contributed by atoms with Crippen LogP contribution in [0.25, 0.3) is 16.0 Å². The Hall–Kier alpha value is -2.68. The van der Waals surface area contributed by atoms with Crippen molar-refractivity contribution in [2.75, 3.05) is 10.6 Å². The Bertz CT molecular complexity index is 1120. The van der Waals surface area contributed by atoms with Gasteiger partial charge in [0.2, 0.25) is 0 Å². The summed E-state index contributed by atoms with van der Waals surface area (Å²) in [6.45, 7) is 0. The Kier molecular flexibility index (Phi) is 4.70. The fourth-order valence-electron chi connectivity index (χ4n) is 2.52. The lowest BCUT2D eigenvalue weighted by Gasteiger charge is -2.10. The van der Waals surface area contributed by atoms with Gasteiger partial charge in [-0.3, -0.25) is 4.57 Å². The van der Waals surface area contributed by atoms with Gasteiger partial charge in [0, 0.05) is 11.4 Å². The van der Waals surface area contributed by atoms with Crippen LogP contribution in [0, 0.1) is 3.95 Å². The molecule has 2 aromatic carbocycles. The van der Waals surface area contributed by atoms with Gasteiger partial charge in [0.25, 0.3) is 0 Å². The number of hydrogen-bond acceptors (Lipinski definition) is 5. The molecule has 0 bridgehead atoms. The zero-order valence-corrected chi connectivity index (χ0v) is 15.9. The van der Waals surface area contributed by atoms with Gasteiger partial charge in [0.1, 0.15) is 11.0 Å². The number of hydrogen-bond donors (Lipinski definition) is 2. The summed E-state index contributed by atoms with van der Waals surface area (Å²) in [5, 5.41) is 6.75. The second-order valence-corrected chi connectivity index (χ2v) is 7.41. The third-order valence-corrected chi connectivity index (χ3v) is 5.22. The van der Waals surface area contributed by atoms with Crippen LogP contribution in [0.3, 0.4) is 0 Å². The van der Waals surface area contributed by atoms with Crippen molar-refractivity contribution in [1.82, 2.24) is 14.5 Å². The molecule has 8 heteroatoms. The maximum absolute atomic E-state index is 5.55. The highest BCUT2D eigenvalue weighted by atomic mass is 32.1. The minimum atomic E-state index is 0.460. The Balaban J connectivity index is 1.69. The van der Waals surface area contributed by atoms with Crippen LogP contribution in [-0.2, 0) is 0 Å². The summed E-state index contributed by atoms with van der Waals surface area (Å²) in [6.07, 6.45) is 1.51. The predicted octanol–water partition coefficient (Wildman–Crippen LogP) is 5.02. The Labute approximate surface area is 164 Å². The topological polar surface area (TPSA) is 54.8 Å². The number of nitrogens with one attached hydrogen (secondary N) is 2. The minimum absolute atomic E-state index is 0.460. The van der Waals surface area contributed by atoms with Crippen molar-refractivity contribution in [2.45, 2.75) is 0 Å². The second kappa shape index (κ2) is 7.28. The average molecular weight is 396 g/mol. The van der Waals surface area contributed by atoms with Crippen LogP contribution in [0.2, 0.25) is 0 Å². The largest absolute Gasteiger partial charge is 0.332 e. The van der Waals surface area contributed by atoms with E-state index in [1.165, 1.54) is 17.7 Å². The lowest BCUT2D eigenvalue weighted by atomic mass is 10.3. The molecule has 0 atom stereocenters. The molecule has 26 heavy (non-hydrogen) atoms.